The van der Waals surface area contributed by atoms with E-state index in [-0.39, 0.29) is 5.91 Å². The zero-order valence-electron chi connectivity index (χ0n) is 14.3. The molecule has 0 radical (unpaired) electrons. The molecule has 0 aliphatic carbocycles. The van der Waals surface area contributed by atoms with Gasteiger partial charge in [-0.25, -0.2) is 5.48 Å². The van der Waals surface area contributed by atoms with Gasteiger partial charge in [0.05, 0.1) is 0 Å². The summed E-state index contributed by atoms with van der Waals surface area (Å²) in [6.45, 7) is 0. The van der Waals surface area contributed by atoms with E-state index in [4.69, 9.17) is 5.21 Å². The van der Waals surface area contributed by atoms with Crippen molar-refractivity contribution in [3.63, 3.8) is 0 Å². The Labute approximate surface area is 145 Å². The number of rotatable bonds is 17. The average Bonchev–Trinajstić information content (AvgIpc) is 2.54. The summed E-state index contributed by atoms with van der Waals surface area (Å²) in [5.74, 6) is -0.261. The third-order valence-electron chi connectivity index (χ3n) is 4.16. The molecular formula is C18H36BrNO2. The predicted octanol–water partition coefficient (Wildman–Crippen LogP) is 6.13. The number of amides is 1. The molecule has 2 N–H and O–H groups in total. The van der Waals surface area contributed by atoms with Crippen LogP contribution in [0.3, 0.4) is 0 Å². The Balaban J connectivity index is 2.98. The second-order valence-electron chi connectivity index (χ2n) is 6.28. The molecule has 0 unspecified atom stereocenters. The van der Waals surface area contributed by atoms with Gasteiger partial charge < -0.3 is 0 Å². The van der Waals surface area contributed by atoms with Crippen molar-refractivity contribution < 1.29 is 10.0 Å². The van der Waals surface area contributed by atoms with E-state index < -0.39 is 0 Å². The number of hydroxylamine groups is 1. The van der Waals surface area contributed by atoms with Gasteiger partial charge in [0.2, 0.25) is 5.91 Å². The van der Waals surface area contributed by atoms with Gasteiger partial charge in [0.1, 0.15) is 0 Å². The smallest absolute Gasteiger partial charge is 0.243 e. The fraction of sp³-hybridized carbons (Fsp3) is 0.944. The SMILES string of the molecule is O=C(CCCCCCCCCCCCCCCCCBr)NO. The number of hydrogen-bond acceptors (Lipinski definition) is 2. The number of alkyl halides is 1. The molecule has 0 rings (SSSR count). The van der Waals surface area contributed by atoms with Crippen LogP contribution in [0.1, 0.15) is 103 Å². The first kappa shape index (κ1) is 21.9. The summed E-state index contributed by atoms with van der Waals surface area (Å²) in [5.41, 5.74) is 1.68. The summed E-state index contributed by atoms with van der Waals surface area (Å²) >= 11 is 3.47. The van der Waals surface area contributed by atoms with Crippen LogP contribution in [0, 0.1) is 0 Å². The van der Waals surface area contributed by atoms with Crippen molar-refractivity contribution in [2.75, 3.05) is 5.33 Å². The first-order valence-electron chi connectivity index (χ1n) is 9.30. The lowest BCUT2D eigenvalue weighted by atomic mass is 10.0. The van der Waals surface area contributed by atoms with E-state index in [0.717, 1.165) is 18.2 Å². The minimum absolute atomic E-state index is 0.261. The number of unbranched alkanes of at least 4 members (excludes halogenated alkanes) is 14. The molecule has 3 nitrogen and oxygen atoms in total. The number of carbonyl (C=O) groups is 1. The standard InChI is InChI=1S/C18H36BrNO2/c19-17-15-13-11-9-7-5-3-1-2-4-6-8-10-12-14-16-18(21)20-22/h22H,1-17H2,(H,20,21). The first-order chi connectivity index (χ1) is 10.8. The van der Waals surface area contributed by atoms with Crippen LogP contribution in [0.25, 0.3) is 0 Å². The van der Waals surface area contributed by atoms with Crippen molar-refractivity contribution >= 4 is 21.8 Å². The Morgan fingerprint density at radius 2 is 0.955 bits per heavy atom. The topological polar surface area (TPSA) is 49.3 Å². The maximum atomic E-state index is 10.8. The van der Waals surface area contributed by atoms with E-state index in [1.165, 1.54) is 83.5 Å². The van der Waals surface area contributed by atoms with E-state index in [1.807, 2.05) is 0 Å². The van der Waals surface area contributed by atoms with Gasteiger partial charge in [-0.05, 0) is 12.8 Å². The Morgan fingerprint density at radius 1 is 0.636 bits per heavy atom. The highest BCUT2D eigenvalue weighted by molar-refractivity contribution is 9.09. The molecule has 0 aromatic carbocycles. The van der Waals surface area contributed by atoms with E-state index in [1.54, 1.807) is 5.48 Å². The van der Waals surface area contributed by atoms with Gasteiger partial charge in [0.15, 0.2) is 0 Å². The van der Waals surface area contributed by atoms with E-state index in [2.05, 4.69) is 15.9 Å². The van der Waals surface area contributed by atoms with Crippen molar-refractivity contribution in [3.05, 3.63) is 0 Å². The molecule has 0 spiro atoms. The zero-order chi connectivity index (χ0) is 16.3. The van der Waals surface area contributed by atoms with Gasteiger partial charge in [-0.2, -0.15) is 0 Å². The Hall–Kier alpha value is -0.0900. The van der Waals surface area contributed by atoms with Gasteiger partial charge >= 0.3 is 0 Å². The number of halogens is 1. The minimum Gasteiger partial charge on any atom is -0.289 e. The van der Waals surface area contributed by atoms with Gasteiger partial charge in [0.25, 0.3) is 0 Å². The lowest BCUT2D eigenvalue weighted by molar-refractivity contribution is -0.129. The second kappa shape index (κ2) is 19.0. The Morgan fingerprint density at radius 3 is 1.27 bits per heavy atom. The zero-order valence-corrected chi connectivity index (χ0v) is 15.8. The molecule has 0 saturated heterocycles. The summed E-state index contributed by atoms with van der Waals surface area (Å²) < 4.78 is 0. The van der Waals surface area contributed by atoms with E-state index in [0.29, 0.717) is 6.42 Å². The molecule has 0 bridgehead atoms. The maximum absolute atomic E-state index is 10.8. The monoisotopic (exact) mass is 377 g/mol. The molecule has 0 aromatic rings. The molecule has 4 heteroatoms. The van der Waals surface area contributed by atoms with Crippen LogP contribution in [-0.2, 0) is 4.79 Å². The second-order valence-corrected chi connectivity index (χ2v) is 7.07. The third-order valence-corrected chi connectivity index (χ3v) is 4.72. The van der Waals surface area contributed by atoms with Crippen LogP contribution < -0.4 is 5.48 Å². The molecule has 0 saturated carbocycles. The Kier molecular flexibility index (Phi) is 18.9. The lowest BCUT2D eigenvalue weighted by Gasteiger charge is -2.03. The number of hydrogen-bond donors (Lipinski definition) is 2. The van der Waals surface area contributed by atoms with Crippen molar-refractivity contribution in [2.45, 2.75) is 103 Å². The van der Waals surface area contributed by atoms with E-state index in [9.17, 15) is 4.79 Å². The highest BCUT2D eigenvalue weighted by Crippen LogP contribution is 2.13. The van der Waals surface area contributed by atoms with Crippen LogP contribution >= 0.6 is 15.9 Å². The minimum atomic E-state index is -0.261. The quantitative estimate of drug-likeness (QED) is 0.138. The van der Waals surface area contributed by atoms with Crippen LogP contribution in [0.2, 0.25) is 0 Å². The Bertz CT molecular complexity index is 237. The lowest BCUT2D eigenvalue weighted by Crippen LogP contribution is -2.17. The molecule has 0 fully saturated rings. The van der Waals surface area contributed by atoms with Gasteiger partial charge in [-0.3, -0.25) is 10.0 Å². The third kappa shape index (κ3) is 18.0. The summed E-state index contributed by atoms with van der Waals surface area (Å²) in [6, 6.07) is 0. The van der Waals surface area contributed by atoms with Crippen LogP contribution in [-0.4, -0.2) is 16.4 Å². The van der Waals surface area contributed by atoms with Crippen molar-refractivity contribution in [1.82, 2.24) is 5.48 Å². The number of carbonyl (C=O) groups excluding carboxylic acids is 1. The highest BCUT2D eigenvalue weighted by Gasteiger charge is 1.98. The van der Waals surface area contributed by atoms with Crippen molar-refractivity contribution in [1.29, 1.82) is 0 Å². The fourth-order valence-electron chi connectivity index (χ4n) is 2.73. The summed E-state index contributed by atoms with van der Waals surface area (Å²) in [4.78, 5) is 10.8. The number of nitrogens with one attached hydrogen (secondary N) is 1. The molecule has 0 aromatic heterocycles. The normalized spacial score (nSPS) is 10.8. The predicted molar refractivity (Wildman–Crippen MR) is 97.6 cm³/mol. The van der Waals surface area contributed by atoms with Gasteiger partial charge in [-0.15, -0.1) is 0 Å². The van der Waals surface area contributed by atoms with Crippen molar-refractivity contribution in [3.8, 4) is 0 Å². The average molecular weight is 378 g/mol. The molecule has 0 aliphatic heterocycles. The summed E-state index contributed by atoms with van der Waals surface area (Å²) in [7, 11) is 0. The molecule has 0 aliphatic rings. The summed E-state index contributed by atoms with van der Waals surface area (Å²) in [5, 5.41) is 9.52. The molecule has 0 heterocycles. The molecule has 0 atom stereocenters. The summed E-state index contributed by atoms with van der Waals surface area (Å²) in [6.07, 6.45) is 20.2. The van der Waals surface area contributed by atoms with Crippen LogP contribution in [0.4, 0.5) is 0 Å². The maximum Gasteiger partial charge on any atom is 0.243 e. The molecule has 1 amide bonds. The van der Waals surface area contributed by atoms with Gasteiger partial charge in [-0.1, -0.05) is 99.4 Å². The van der Waals surface area contributed by atoms with Gasteiger partial charge in [0, 0.05) is 11.8 Å². The fourth-order valence-corrected chi connectivity index (χ4v) is 3.13. The van der Waals surface area contributed by atoms with Crippen molar-refractivity contribution in [2.24, 2.45) is 0 Å². The molecule has 132 valence electrons. The highest BCUT2D eigenvalue weighted by atomic mass is 79.9. The molecular weight excluding hydrogens is 342 g/mol. The van der Waals surface area contributed by atoms with Crippen LogP contribution in [0.5, 0.6) is 0 Å². The first-order valence-corrected chi connectivity index (χ1v) is 10.4. The van der Waals surface area contributed by atoms with E-state index >= 15 is 0 Å². The van der Waals surface area contributed by atoms with Crippen LogP contribution in [0.15, 0.2) is 0 Å². The largest absolute Gasteiger partial charge is 0.289 e. The molecule has 22 heavy (non-hydrogen) atoms.